The molecule has 2 rings (SSSR count). The first-order valence-electron chi connectivity index (χ1n) is 16.2. The molecule has 0 aromatic carbocycles. The van der Waals surface area contributed by atoms with Crippen molar-refractivity contribution in [3.8, 4) is 0 Å². The highest BCUT2D eigenvalue weighted by Gasteiger charge is 2.47. The van der Waals surface area contributed by atoms with Crippen LogP contribution in [-0.2, 0) is 19.0 Å². The van der Waals surface area contributed by atoms with E-state index in [1.54, 1.807) is 44.2 Å². The van der Waals surface area contributed by atoms with Crippen LogP contribution >= 0.6 is 0 Å². The third kappa shape index (κ3) is 13.5. The number of epoxide rings is 1. The highest BCUT2D eigenvalue weighted by atomic mass is 16.6. The van der Waals surface area contributed by atoms with Crippen molar-refractivity contribution in [3.63, 3.8) is 0 Å². The lowest BCUT2D eigenvalue weighted by atomic mass is 9.88. The monoisotopic (exact) mass is 638 g/mol. The van der Waals surface area contributed by atoms with Gasteiger partial charge in [-0.25, -0.2) is 4.79 Å². The molecule has 258 valence electrons. The van der Waals surface area contributed by atoms with Gasteiger partial charge >= 0.3 is 12.1 Å². The maximum absolute atomic E-state index is 12.8. The van der Waals surface area contributed by atoms with Gasteiger partial charge in [0, 0.05) is 24.8 Å². The third-order valence-electron chi connectivity index (χ3n) is 8.65. The molecular formula is C34H58N2O9. The number of aliphatic hydroxyl groups excluding tert-OH is 2. The predicted octanol–water partition coefficient (Wildman–Crippen LogP) is 3.25. The Morgan fingerprint density at radius 3 is 2.67 bits per heavy atom. The minimum absolute atomic E-state index is 0.0121. The van der Waals surface area contributed by atoms with E-state index in [9.17, 15) is 30.0 Å². The second-order valence-electron chi connectivity index (χ2n) is 13.6. The Hall–Kier alpha value is -2.28. The van der Waals surface area contributed by atoms with Crippen LogP contribution in [0.4, 0.5) is 4.79 Å². The lowest BCUT2D eigenvalue weighted by Gasteiger charge is -2.32. The molecule has 2 heterocycles. The highest BCUT2D eigenvalue weighted by Crippen LogP contribution is 2.37. The zero-order valence-electron chi connectivity index (χ0n) is 28.4. The number of hydrogen-bond donors (Lipinski definition) is 5. The Kier molecular flexibility index (Phi) is 15.2. The third-order valence-corrected chi connectivity index (χ3v) is 8.65. The van der Waals surface area contributed by atoms with Gasteiger partial charge in [-0.3, -0.25) is 4.79 Å². The van der Waals surface area contributed by atoms with Gasteiger partial charge in [0.05, 0.1) is 36.4 Å². The maximum atomic E-state index is 12.8. The molecule has 2 aliphatic heterocycles. The fourth-order valence-corrected chi connectivity index (χ4v) is 5.54. The molecule has 0 spiro atoms. The highest BCUT2D eigenvalue weighted by molar-refractivity contribution is 5.70. The molecule has 0 aliphatic carbocycles. The van der Waals surface area contributed by atoms with E-state index in [4.69, 9.17) is 14.2 Å². The van der Waals surface area contributed by atoms with Crippen molar-refractivity contribution in [2.45, 2.75) is 128 Å². The fraction of sp³-hybridized carbons (Fsp3) is 0.765. The normalized spacial score (nSPS) is 32.6. The van der Waals surface area contributed by atoms with Crippen molar-refractivity contribution >= 4 is 12.1 Å². The molecule has 10 atom stereocenters. The van der Waals surface area contributed by atoms with Gasteiger partial charge in [-0.1, -0.05) is 45.1 Å². The number of allylic oxidation sites excluding steroid dienone is 2. The first-order chi connectivity index (χ1) is 21.0. The first kappa shape index (κ1) is 38.9. The topological polar surface area (TPSA) is 161 Å². The van der Waals surface area contributed by atoms with Crippen LogP contribution in [0.15, 0.2) is 36.0 Å². The largest absolute Gasteiger partial charge is 0.457 e. The van der Waals surface area contributed by atoms with Crippen molar-refractivity contribution in [1.29, 1.82) is 0 Å². The van der Waals surface area contributed by atoms with Crippen LogP contribution in [0, 0.1) is 11.8 Å². The summed E-state index contributed by atoms with van der Waals surface area (Å²) in [6.45, 7) is 12.0. The predicted molar refractivity (Wildman–Crippen MR) is 172 cm³/mol. The molecule has 10 unspecified atom stereocenters. The Bertz CT molecular complexity index is 1040. The molecule has 11 heteroatoms. The second kappa shape index (κ2) is 17.6. The van der Waals surface area contributed by atoms with Crippen molar-refractivity contribution in [2.75, 3.05) is 27.2 Å². The van der Waals surface area contributed by atoms with Crippen molar-refractivity contribution in [1.82, 2.24) is 10.2 Å². The minimum Gasteiger partial charge on any atom is -0.457 e. The number of cyclic esters (lactones) is 1. The number of alkyl carbamates (subject to hydrolysis) is 1. The summed E-state index contributed by atoms with van der Waals surface area (Å²) >= 11 is 0. The van der Waals surface area contributed by atoms with Gasteiger partial charge in [0.1, 0.15) is 11.7 Å². The number of nitrogens with one attached hydrogen (secondary N) is 1. The smallest absolute Gasteiger partial charge is 0.407 e. The van der Waals surface area contributed by atoms with Crippen LogP contribution in [0.25, 0.3) is 0 Å². The minimum atomic E-state index is -1.49. The van der Waals surface area contributed by atoms with Crippen LogP contribution in [0.5, 0.6) is 0 Å². The molecule has 0 saturated carbocycles. The molecule has 11 nitrogen and oxygen atoms in total. The standard InChI is InChI=1S/C34H58N2O9/c1-9-26(38)24(4)31-27(43-31)21-33(5,41)16-10-12-22(2)30-23(3)13-14-28(44-32(40)35-18-11-19-36(7)8)34(6,42)17-15-25(37)20-29(39)45-30/h10,12-14,16,23-28,30-31,37-38,41-42H,9,11,15,17-21H2,1-8H3,(H,35,40). The summed E-state index contributed by atoms with van der Waals surface area (Å²) in [5, 5.41) is 45.6. The van der Waals surface area contributed by atoms with E-state index in [1.165, 1.54) is 0 Å². The van der Waals surface area contributed by atoms with Crippen LogP contribution in [0.2, 0.25) is 0 Å². The summed E-state index contributed by atoms with van der Waals surface area (Å²) in [5.74, 6) is -0.961. The van der Waals surface area contributed by atoms with Crippen molar-refractivity contribution < 1.29 is 44.2 Å². The quantitative estimate of drug-likeness (QED) is 0.0666. The van der Waals surface area contributed by atoms with Crippen LogP contribution < -0.4 is 5.32 Å². The van der Waals surface area contributed by atoms with Gasteiger partial charge in [-0.15, -0.1) is 0 Å². The molecule has 5 N–H and O–H groups in total. The summed E-state index contributed by atoms with van der Waals surface area (Å²) in [6, 6.07) is 0. The van der Waals surface area contributed by atoms with E-state index in [-0.39, 0.29) is 43.3 Å². The Morgan fingerprint density at radius 1 is 1.33 bits per heavy atom. The number of rotatable bonds is 13. The number of amides is 1. The molecule has 2 aliphatic rings. The summed E-state index contributed by atoms with van der Waals surface area (Å²) < 4.78 is 17.2. The van der Waals surface area contributed by atoms with Crippen LogP contribution in [0.3, 0.4) is 0 Å². The number of carbonyl (C=O) groups excluding carboxylic acids is 2. The van der Waals surface area contributed by atoms with Crippen molar-refractivity contribution in [2.24, 2.45) is 11.8 Å². The molecule has 0 aromatic rings. The van der Waals surface area contributed by atoms with E-state index >= 15 is 0 Å². The van der Waals surface area contributed by atoms with E-state index in [1.807, 2.05) is 46.7 Å². The van der Waals surface area contributed by atoms with Crippen LogP contribution in [0.1, 0.15) is 80.1 Å². The molecule has 0 radical (unpaired) electrons. The fourth-order valence-electron chi connectivity index (χ4n) is 5.54. The van der Waals surface area contributed by atoms with Gasteiger partial charge in [-0.05, 0) is 78.7 Å². The summed E-state index contributed by atoms with van der Waals surface area (Å²) in [5.41, 5.74) is -1.95. The number of esters is 1. The van der Waals surface area contributed by atoms with Gasteiger partial charge in [0.25, 0.3) is 0 Å². The first-order valence-corrected chi connectivity index (χ1v) is 16.2. The van der Waals surface area contributed by atoms with E-state index in [0.717, 1.165) is 13.0 Å². The molecule has 45 heavy (non-hydrogen) atoms. The molecule has 1 saturated heterocycles. The zero-order valence-corrected chi connectivity index (χ0v) is 28.4. The SMILES string of the molecule is CCC(O)C(C)C1OC1CC(C)(O)C=CC=C(C)C1OC(=O)CC(O)CCC(C)(O)C(OC(=O)NCCCN(C)C)C=CC1C. The second-order valence-corrected chi connectivity index (χ2v) is 13.6. The Morgan fingerprint density at radius 2 is 2.02 bits per heavy atom. The molecule has 0 aromatic heterocycles. The summed E-state index contributed by atoms with van der Waals surface area (Å²) in [4.78, 5) is 27.3. The molecular weight excluding hydrogens is 580 g/mol. The maximum Gasteiger partial charge on any atom is 0.407 e. The number of carbonyl (C=O) groups is 2. The average molecular weight is 639 g/mol. The van der Waals surface area contributed by atoms with Crippen LogP contribution in [-0.4, -0.2) is 112 Å². The molecule has 1 fully saturated rings. The number of hydrogen-bond acceptors (Lipinski definition) is 10. The van der Waals surface area contributed by atoms with Gasteiger partial charge < -0.3 is 44.9 Å². The molecule has 1 amide bonds. The lowest BCUT2D eigenvalue weighted by Crippen LogP contribution is -2.44. The number of nitrogens with zero attached hydrogens (tertiary/aromatic N) is 1. The summed E-state index contributed by atoms with van der Waals surface area (Å²) in [6.07, 6.45) is 6.13. The van der Waals surface area contributed by atoms with Gasteiger partial charge in [-0.2, -0.15) is 0 Å². The van der Waals surface area contributed by atoms with E-state index in [2.05, 4.69) is 5.32 Å². The number of ether oxygens (including phenoxy) is 3. The number of aliphatic hydroxyl groups is 4. The zero-order chi connectivity index (χ0) is 33.9. The van der Waals surface area contributed by atoms with Gasteiger partial charge in [0.15, 0.2) is 6.10 Å². The van der Waals surface area contributed by atoms with Gasteiger partial charge in [0.2, 0.25) is 0 Å². The van der Waals surface area contributed by atoms with E-state index < -0.39 is 47.7 Å². The Labute approximate surface area is 269 Å². The lowest BCUT2D eigenvalue weighted by molar-refractivity contribution is -0.151. The Balaban J connectivity index is 2.17. The summed E-state index contributed by atoms with van der Waals surface area (Å²) in [7, 11) is 3.90. The molecule has 0 bridgehead atoms. The van der Waals surface area contributed by atoms with Crippen molar-refractivity contribution in [3.05, 3.63) is 36.0 Å². The van der Waals surface area contributed by atoms with E-state index in [0.29, 0.717) is 25.0 Å². The average Bonchev–Trinajstić information content (AvgIpc) is 3.71.